The Morgan fingerprint density at radius 2 is 2.29 bits per heavy atom. The molecule has 1 aromatic rings. The van der Waals surface area contributed by atoms with Crippen molar-refractivity contribution >= 4 is 23.2 Å². The zero-order chi connectivity index (χ0) is 12.8. The van der Waals surface area contributed by atoms with Gasteiger partial charge in [0.25, 0.3) is 0 Å². The summed E-state index contributed by atoms with van der Waals surface area (Å²) >= 11 is 1.54. The van der Waals surface area contributed by atoms with Crippen LogP contribution in [0.4, 0.5) is 0 Å². The minimum Gasteiger partial charge on any atom is -0.481 e. The van der Waals surface area contributed by atoms with E-state index in [1.165, 1.54) is 11.3 Å². The van der Waals surface area contributed by atoms with Gasteiger partial charge in [0, 0.05) is 11.4 Å². The third-order valence-corrected chi connectivity index (χ3v) is 3.17. The van der Waals surface area contributed by atoms with Gasteiger partial charge in [0.15, 0.2) is 0 Å². The second-order valence-corrected chi connectivity index (χ2v) is 4.77. The number of nitrogens with zero attached hydrogens (tertiary/aromatic N) is 1. The summed E-state index contributed by atoms with van der Waals surface area (Å²) in [6.45, 7) is 3.68. The SMILES string of the molecule is CCc1nc(CC(=O)NC(C)CC(=O)O)cs1. The molecular weight excluding hydrogens is 240 g/mol. The molecule has 1 amide bonds. The van der Waals surface area contributed by atoms with Gasteiger partial charge < -0.3 is 10.4 Å². The Morgan fingerprint density at radius 1 is 1.59 bits per heavy atom. The first kappa shape index (κ1) is 13.6. The van der Waals surface area contributed by atoms with E-state index in [1.54, 1.807) is 6.92 Å². The highest BCUT2D eigenvalue weighted by Gasteiger charge is 2.12. The molecule has 0 aliphatic heterocycles. The Hall–Kier alpha value is -1.43. The zero-order valence-electron chi connectivity index (χ0n) is 9.90. The number of hydrogen-bond donors (Lipinski definition) is 2. The number of aryl methyl sites for hydroxylation is 1. The molecule has 0 fully saturated rings. The number of aromatic nitrogens is 1. The van der Waals surface area contributed by atoms with Crippen LogP contribution in [0.25, 0.3) is 0 Å². The zero-order valence-corrected chi connectivity index (χ0v) is 10.7. The molecule has 0 radical (unpaired) electrons. The Labute approximate surface area is 104 Å². The number of carboxylic acid groups (broad SMARTS) is 1. The maximum atomic E-state index is 11.6. The first-order valence-electron chi connectivity index (χ1n) is 5.45. The van der Waals surface area contributed by atoms with Gasteiger partial charge in [-0.3, -0.25) is 9.59 Å². The molecule has 0 bridgehead atoms. The van der Waals surface area contributed by atoms with Gasteiger partial charge in [-0.1, -0.05) is 6.92 Å². The van der Waals surface area contributed by atoms with Crippen molar-refractivity contribution < 1.29 is 14.7 Å². The van der Waals surface area contributed by atoms with Gasteiger partial charge in [0.1, 0.15) is 0 Å². The van der Waals surface area contributed by atoms with E-state index >= 15 is 0 Å². The van der Waals surface area contributed by atoms with Crippen LogP contribution in [0.1, 0.15) is 31.0 Å². The van der Waals surface area contributed by atoms with Gasteiger partial charge in [-0.2, -0.15) is 0 Å². The average molecular weight is 256 g/mol. The summed E-state index contributed by atoms with van der Waals surface area (Å²) in [7, 11) is 0. The van der Waals surface area contributed by atoms with Crippen LogP contribution in [0.2, 0.25) is 0 Å². The molecule has 1 unspecified atom stereocenters. The number of thiazole rings is 1. The van der Waals surface area contributed by atoms with E-state index in [1.807, 2.05) is 12.3 Å². The molecule has 94 valence electrons. The quantitative estimate of drug-likeness (QED) is 0.802. The van der Waals surface area contributed by atoms with Crippen LogP contribution in [0, 0.1) is 0 Å². The summed E-state index contributed by atoms with van der Waals surface area (Å²) in [5.74, 6) is -1.11. The van der Waals surface area contributed by atoms with Crippen molar-refractivity contribution in [3.05, 3.63) is 16.1 Å². The number of nitrogens with one attached hydrogen (secondary N) is 1. The second kappa shape index (κ2) is 6.34. The van der Waals surface area contributed by atoms with Crippen molar-refractivity contribution in [2.45, 2.75) is 39.2 Å². The van der Waals surface area contributed by atoms with E-state index in [9.17, 15) is 9.59 Å². The molecule has 0 aromatic carbocycles. The number of carbonyl (C=O) groups excluding carboxylic acids is 1. The number of aliphatic carboxylic acids is 1. The molecule has 0 saturated carbocycles. The van der Waals surface area contributed by atoms with Crippen molar-refractivity contribution in [3.63, 3.8) is 0 Å². The normalized spacial score (nSPS) is 12.1. The van der Waals surface area contributed by atoms with Crippen molar-refractivity contribution in [1.29, 1.82) is 0 Å². The molecule has 5 nitrogen and oxygen atoms in total. The number of amides is 1. The third-order valence-electron chi connectivity index (χ3n) is 2.13. The fourth-order valence-corrected chi connectivity index (χ4v) is 2.14. The molecule has 1 heterocycles. The largest absolute Gasteiger partial charge is 0.481 e. The van der Waals surface area contributed by atoms with Crippen LogP contribution in [0.5, 0.6) is 0 Å². The minimum absolute atomic E-state index is 0.0665. The smallest absolute Gasteiger partial charge is 0.305 e. The lowest BCUT2D eigenvalue weighted by molar-refractivity contribution is -0.137. The second-order valence-electron chi connectivity index (χ2n) is 3.83. The average Bonchev–Trinajstić information content (AvgIpc) is 2.63. The number of hydrogen-bond acceptors (Lipinski definition) is 4. The van der Waals surface area contributed by atoms with Gasteiger partial charge >= 0.3 is 5.97 Å². The maximum absolute atomic E-state index is 11.6. The highest BCUT2D eigenvalue weighted by molar-refractivity contribution is 7.09. The van der Waals surface area contributed by atoms with Crippen molar-refractivity contribution in [3.8, 4) is 0 Å². The van der Waals surface area contributed by atoms with E-state index in [0.29, 0.717) is 0 Å². The van der Waals surface area contributed by atoms with Gasteiger partial charge in [-0.05, 0) is 13.3 Å². The Morgan fingerprint density at radius 3 is 2.82 bits per heavy atom. The van der Waals surface area contributed by atoms with E-state index in [4.69, 9.17) is 5.11 Å². The number of rotatable bonds is 6. The summed E-state index contributed by atoms with van der Waals surface area (Å²) in [6, 6.07) is -0.357. The lowest BCUT2D eigenvalue weighted by Crippen LogP contribution is -2.35. The van der Waals surface area contributed by atoms with E-state index in [-0.39, 0.29) is 24.8 Å². The molecule has 0 spiro atoms. The van der Waals surface area contributed by atoms with Crippen LogP contribution in [0.3, 0.4) is 0 Å². The van der Waals surface area contributed by atoms with Crippen LogP contribution < -0.4 is 5.32 Å². The molecule has 1 rings (SSSR count). The summed E-state index contributed by atoms with van der Waals surface area (Å²) in [5, 5.41) is 14.1. The minimum atomic E-state index is -0.917. The predicted molar refractivity (Wildman–Crippen MR) is 65.1 cm³/mol. The number of carboxylic acids is 1. The van der Waals surface area contributed by atoms with Crippen LogP contribution in [0.15, 0.2) is 5.38 Å². The third kappa shape index (κ3) is 4.95. The van der Waals surface area contributed by atoms with Crippen LogP contribution >= 0.6 is 11.3 Å². The predicted octanol–water partition coefficient (Wildman–Crippen LogP) is 1.23. The standard InChI is InChI=1S/C11H16N2O3S/c1-3-10-13-8(6-17-10)5-9(14)12-7(2)4-11(15)16/h6-7H,3-5H2,1-2H3,(H,12,14)(H,15,16). The summed E-state index contributed by atoms with van der Waals surface area (Å²) in [4.78, 5) is 26.3. The molecular formula is C11H16N2O3S. The molecule has 1 atom stereocenters. The van der Waals surface area contributed by atoms with E-state index in [2.05, 4.69) is 10.3 Å². The Bertz CT molecular complexity index is 403. The Kier molecular flexibility index (Phi) is 5.09. The lowest BCUT2D eigenvalue weighted by atomic mass is 10.2. The van der Waals surface area contributed by atoms with Crippen molar-refractivity contribution in [2.24, 2.45) is 0 Å². The topological polar surface area (TPSA) is 79.3 Å². The first-order valence-corrected chi connectivity index (χ1v) is 6.33. The van der Waals surface area contributed by atoms with Crippen molar-refractivity contribution in [1.82, 2.24) is 10.3 Å². The summed E-state index contributed by atoms with van der Waals surface area (Å²) in [5.41, 5.74) is 0.742. The summed E-state index contributed by atoms with van der Waals surface area (Å²) < 4.78 is 0. The van der Waals surface area contributed by atoms with Crippen LogP contribution in [-0.4, -0.2) is 28.0 Å². The molecule has 1 aromatic heterocycles. The molecule has 0 aliphatic rings. The van der Waals surface area contributed by atoms with Gasteiger partial charge in [0.05, 0.1) is 23.5 Å². The van der Waals surface area contributed by atoms with Crippen LogP contribution in [-0.2, 0) is 22.4 Å². The Balaban J connectivity index is 2.41. The van der Waals surface area contributed by atoms with Gasteiger partial charge in [0.2, 0.25) is 5.91 Å². The van der Waals surface area contributed by atoms with Gasteiger partial charge in [-0.15, -0.1) is 11.3 Å². The monoisotopic (exact) mass is 256 g/mol. The first-order chi connectivity index (χ1) is 8.01. The van der Waals surface area contributed by atoms with Crippen molar-refractivity contribution in [2.75, 3.05) is 0 Å². The molecule has 0 aliphatic carbocycles. The fourth-order valence-electron chi connectivity index (χ4n) is 1.40. The van der Waals surface area contributed by atoms with E-state index in [0.717, 1.165) is 17.1 Å². The molecule has 6 heteroatoms. The van der Waals surface area contributed by atoms with Gasteiger partial charge in [-0.25, -0.2) is 4.98 Å². The molecule has 17 heavy (non-hydrogen) atoms. The number of carbonyl (C=O) groups is 2. The highest BCUT2D eigenvalue weighted by Crippen LogP contribution is 2.10. The lowest BCUT2D eigenvalue weighted by Gasteiger charge is -2.10. The summed E-state index contributed by atoms with van der Waals surface area (Å²) in [6.07, 6.45) is 1.01. The molecule has 0 saturated heterocycles. The van der Waals surface area contributed by atoms with E-state index < -0.39 is 5.97 Å². The maximum Gasteiger partial charge on any atom is 0.305 e. The fraction of sp³-hybridized carbons (Fsp3) is 0.545. The highest BCUT2D eigenvalue weighted by atomic mass is 32.1. The molecule has 2 N–H and O–H groups in total.